The van der Waals surface area contributed by atoms with Crippen LogP contribution >= 0.6 is 0 Å². The minimum Gasteiger partial charge on any atom is -0.494 e. The summed E-state index contributed by atoms with van der Waals surface area (Å²) in [6, 6.07) is 0. The summed E-state index contributed by atoms with van der Waals surface area (Å²) in [4.78, 5) is 24.8. The molecule has 1 aromatic heterocycles. The number of amides is 1. The Bertz CT molecular complexity index is 460. The van der Waals surface area contributed by atoms with E-state index in [1.807, 2.05) is 13.8 Å². The van der Waals surface area contributed by atoms with Gasteiger partial charge in [-0.3, -0.25) is 14.6 Å². The second-order valence-corrected chi connectivity index (χ2v) is 3.74. The van der Waals surface area contributed by atoms with Crippen molar-refractivity contribution in [3.63, 3.8) is 0 Å². The molecule has 0 radical (unpaired) electrons. The lowest BCUT2D eigenvalue weighted by Crippen LogP contribution is -2.22. The van der Waals surface area contributed by atoms with Crippen molar-refractivity contribution >= 4 is 5.91 Å². The highest BCUT2D eigenvalue weighted by Crippen LogP contribution is 2.22. The first-order chi connectivity index (χ1) is 6.86. The Kier molecular flexibility index (Phi) is 2.83. The number of hydrogen-bond acceptors (Lipinski definition) is 3. The lowest BCUT2D eigenvalue weighted by atomic mass is 9.96. The van der Waals surface area contributed by atoms with Crippen LogP contribution in [-0.4, -0.2) is 16.0 Å². The fraction of sp³-hybridized carbons (Fsp3) is 0.400. The first kappa shape index (κ1) is 11.3. The highest BCUT2D eigenvalue weighted by atomic mass is 16.3. The third-order valence-electron chi connectivity index (χ3n) is 2.32. The molecule has 5 nitrogen and oxygen atoms in total. The molecule has 0 spiro atoms. The molecule has 0 aliphatic carbocycles. The predicted molar refractivity (Wildman–Crippen MR) is 56.1 cm³/mol. The molecule has 0 bridgehead atoms. The minimum atomic E-state index is -0.747. The van der Waals surface area contributed by atoms with E-state index in [4.69, 9.17) is 5.73 Å². The van der Waals surface area contributed by atoms with Gasteiger partial charge in [0.2, 0.25) is 5.88 Å². The van der Waals surface area contributed by atoms with E-state index in [9.17, 15) is 14.7 Å². The second-order valence-electron chi connectivity index (χ2n) is 3.74. The van der Waals surface area contributed by atoms with Crippen LogP contribution in [0.4, 0.5) is 0 Å². The molecule has 1 heterocycles. The van der Waals surface area contributed by atoms with Crippen molar-refractivity contribution in [2.24, 2.45) is 5.73 Å². The normalized spacial score (nSPS) is 10.7. The number of aromatic nitrogens is 1. The summed E-state index contributed by atoms with van der Waals surface area (Å²) in [6.45, 7) is 5.27. The zero-order valence-electron chi connectivity index (χ0n) is 8.92. The van der Waals surface area contributed by atoms with Crippen molar-refractivity contribution in [1.82, 2.24) is 4.98 Å². The Morgan fingerprint density at radius 2 is 2.00 bits per heavy atom. The Labute approximate surface area is 86.9 Å². The third-order valence-corrected chi connectivity index (χ3v) is 2.32. The van der Waals surface area contributed by atoms with Gasteiger partial charge in [0, 0.05) is 5.56 Å². The summed E-state index contributed by atoms with van der Waals surface area (Å²) in [7, 11) is 0. The molecule has 4 N–H and O–H groups in total. The summed E-state index contributed by atoms with van der Waals surface area (Å²) in [5, 5.41) is 9.39. The van der Waals surface area contributed by atoms with Crippen LogP contribution in [0.25, 0.3) is 0 Å². The van der Waals surface area contributed by atoms with Crippen LogP contribution in [0.5, 0.6) is 5.88 Å². The molecule has 5 heteroatoms. The van der Waals surface area contributed by atoms with Gasteiger partial charge in [-0.1, -0.05) is 13.8 Å². The maximum Gasteiger partial charge on any atom is 0.254 e. The Morgan fingerprint density at radius 1 is 1.47 bits per heavy atom. The summed E-state index contributed by atoms with van der Waals surface area (Å²) in [5.41, 5.74) is 5.63. The second kappa shape index (κ2) is 3.76. The zero-order valence-corrected chi connectivity index (χ0v) is 8.92. The molecular formula is C10H14N2O3. The van der Waals surface area contributed by atoms with Gasteiger partial charge in [-0.2, -0.15) is 0 Å². The van der Waals surface area contributed by atoms with E-state index in [-0.39, 0.29) is 17.0 Å². The fourth-order valence-electron chi connectivity index (χ4n) is 1.72. The Morgan fingerprint density at radius 3 is 2.40 bits per heavy atom. The number of pyridine rings is 1. The molecule has 0 unspecified atom stereocenters. The van der Waals surface area contributed by atoms with Gasteiger partial charge in [0.15, 0.2) is 0 Å². The smallest absolute Gasteiger partial charge is 0.254 e. The van der Waals surface area contributed by atoms with Crippen molar-refractivity contribution in [3.8, 4) is 5.88 Å². The van der Waals surface area contributed by atoms with Crippen molar-refractivity contribution in [3.05, 3.63) is 27.0 Å². The Balaban J connectivity index is 3.64. The molecule has 0 aliphatic rings. The molecule has 0 saturated heterocycles. The quantitative estimate of drug-likeness (QED) is 0.667. The monoisotopic (exact) mass is 210 g/mol. The fourth-order valence-corrected chi connectivity index (χ4v) is 1.72. The van der Waals surface area contributed by atoms with Crippen LogP contribution in [0.15, 0.2) is 4.79 Å². The number of hydrogen-bond donors (Lipinski definition) is 3. The standard InChI is InChI=1S/C10H14N2O3/c1-4(2)6-5(3)7(8(11)13)10(15)12-9(6)14/h4H,1-3H3,(H2,11,13)(H2,12,14,15). The Hall–Kier alpha value is -1.78. The van der Waals surface area contributed by atoms with E-state index in [2.05, 4.69) is 4.98 Å². The van der Waals surface area contributed by atoms with Crippen LogP contribution < -0.4 is 11.3 Å². The number of rotatable bonds is 2. The molecule has 0 fully saturated rings. The van der Waals surface area contributed by atoms with Gasteiger partial charge in [-0.15, -0.1) is 0 Å². The van der Waals surface area contributed by atoms with Gasteiger partial charge in [0.25, 0.3) is 11.5 Å². The van der Waals surface area contributed by atoms with Crippen LogP contribution in [0.3, 0.4) is 0 Å². The number of nitrogens with one attached hydrogen (secondary N) is 1. The topological polar surface area (TPSA) is 96.2 Å². The van der Waals surface area contributed by atoms with E-state index in [1.165, 1.54) is 0 Å². The van der Waals surface area contributed by atoms with E-state index in [0.717, 1.165) is 0 Å². The van der Waals surface area contributed by atoms with Gasteiger partial charge >= 0.3 is 0 Å². The summed E-state index contributed by atoms with van der Waals surface area (Å²) in [6.07, 6.45) is 0. The summed E-state index contributed by atoms with van der Waals surface area (Å²) < 4.78 is 0. The molecule has 1 aromatic rings. The van der Waals surface area contributed by atoms with Crippen LogP contribution in [-0.2, 0) is 0 Å². The number of carbonyl (C=O) groups is 1. The molecule has 0 aromatic carbocycles. The van der Waals surface area contributed by atoms with Crippen molar-refractivity contribution < 1.29 is 9.90 Å². The molecule has 0 aliphatic heterocycles. The largest absolute Gasteiger partial charge is 0.494 e. The molecule has 0 atom stereocenters. The SMILES string of the molecule is Cc1c(C(N)=O)c(O)[nH]c(=O)c1C(C)C. The van der Waals surface area contributed by atoms with Crippen molar-refractivity contribution in [1.29, 1.82) is 0 Å². The number of aromatic hydroxyl groups is 1. The lowest BCUT2D eigenvalue weighted by molar-refractivity contribution is 0.0996. The number of H-pyrrole nitrogens is 1. The first-order valence-electron chi connectivity index (χ1n) is 4.61. The lowest BCUT2D eigenvalue weighted by Gasteiger charge is -2.12. The maximum atomic E-state index is 11.5. The van der Waals surface area contributed by atoms with Crippen LogP contribution in [0.1, 0.15) is 41.3 Å². The molecule has 1 rings (SSSR count). The molecule has 15 heavy (non-hydrogen) atoms. The average molecular weight is 210 g/mol. The molecule has 82 valence electrons. The van der Waals surface area contributed by atoms with Crippen LogP contribution in [0.2, 0.25) is 0 Å². The van der Waals surface area contributed by atoms with E-state index in [1.54, 1.807) is 6.92 Å². The zero-order chi connectivity index (χ0) is 11.7. The predicted octanol–water partition coefficient (Wildman–Crippen LogP) is 0.611. The average Bonchev–Trinajstić information content (AvgIpc) is 1.99. The van der Waals surface area contributed by atoms with Gasteiger partial charge in [-0.05, 0) is 18.4 Å². The highest BCUT2D eigenvalue weighted by Gasteiger charge is 2.19. The number of carbonyl (C=O) groups excluding carboxylic acids is 1. The van der Waals surface area contributed by atoms with Crippen molar-refractivity contribution in [2.45, 2.75) is 26.7 Å². The number of primary amides is 1. The van der Waals surface area contributed by atoms with E-state index < -0.39 is 11.8 Å². The van der Waals surface area contributed by atoms with E-state index in [0.29, 0.717) is 11.1 Å². The maximum absolute atomic E-state index is 11.5. The van der Waals surface area contributed by atoms with Gasteiger partial charge in [-0.25, -0.2) is 0 Å². The van der Waals surface area contributed by atoms with Gasteiger partial charge in [0.1, 0.15) is 5.56 Å². The van der Waals surface area contributed by atoms with E-state index >= 15 is 0 Å². The molecule has 1 amide bonds. The highest BCUT2D eigenvalue weighted by molar-refractivity contribution is 5.96. The minimum absolute atomic E-state index is 0.0155. The molecule has 0 saturated carbocycles. The summed E-state index contributed by atoms with van der Waals surface area (Å²) in [5.74, 6) is -1.25. The van der Waals surface area contributed by atoms with Crippen molar-refractivity contribution in [2.75, 3.05) is 0 Å². The van der Waals surface area contributed by atoms with Crippen LogP contribution in [0, 0.1) is 6.92 Å². The summed E-state index contributed by atoms with van der Waals surface area (Å²) >= 11 is 0. The molecular weight excluding hydrogens is 196 g/mol. The third kappa shape index (κ3) is 1.86. The van der Waals surface area contributed by atoms with Gasteiger partial charge < -0.3 is 10.8 Å². The number of aromatic amines is 1. The van der Waals surface area contributed by atoms with Gasteiger partial charge in [0.05, 0.1) is 0 Å². The number of nitrogens with two attached hydrogens (primary N) is 1. The first-order valence-corrected chi connectivity index (χ1v) is 4.61.